The number of sulfonamides is 1. The molecule has 1 fully saturated rings. The van der Waals surface area contributed by atoms with E-state index in [4.69, 9.17) is 0 Å². The molecule has 0 bridgehead atoms. The number of anilines is 1. The van der Waals surface area contributed by atoms with Crippen LogP contribution >= 0.6 is 0 Å². The van der Waals surface area contributed by atoms with Crippen molar-refractivity contribution >= 4 is 21.6 Å². The van der Waals surface area contributed by atoms with Gasteiger partial charge in [0.05, 0.1) is 11.7 Å². The average molecular weight is 314 g/mol. The quantitative estimate of drug-likeness (QED) is 0.922. The highest BCUT2D eigenvalue weighted by atomic mass is 32.2. The van der Waals surface area contributed by atoms with Gasteiger partial charge in [-0.25, -0.2) is 17.1 Å². The summed E-state index contributed by atoms with van der Waals surface area (Å²) in [6.07, 6.45) is 1.32. The zero-order chi connectivity index (χ0) is 15.5. The molecule has 0 aromatic heterocycles. The molecule has 0 unspecified atom stereocenters. The molecule has 1 aliphatic heterocycles. The highest BCUT2D eigenvalue weighted by molar-refractivity contribution is 7.89. The topological polar surface area (TPSA) is 66.5 Å². The molecule has 1 aromatic rings. The minimum absolute atomic E-state index is 0.0410. The molecule has 0 spiro atoms. The van der Waals surface area contributed by atoms with Crippen molar-refractivity contribution in [3.8, 4) is 0 Å². The first-order valence-electron chi connectivity index (χ1n) is 6.96. The van der Waals surface area contributed by atoms with Gasteiger partial charge in [0.2, 0.25) is 15.9 Å². The molecule has 0 aliphatic carbocycles. The molecular formula is C14H19FN2O3S. The van der Waals surface area contributed by atoms with Crippen molar-refractivity contribution in [3.63, 3.8) is 0 Å². The van der Waals surface area contributed by atoms with Gasteiger partial charge >= 0.3 is 0 Å². The Kier molecular flexibility index (Phi) is 4.95. The zero-order valence-electron chi connectivity index (χ0n) is 11.9. The lowest BCUT2D eigenvalue weighted by Gasteiger charge is -2.30. The third kappa shape index (κ3) is 4.01. The molecule has 2 rings (SSSR count). The molecule has 0 radical (unpaired) electrons. The Bertz CT molecular complexity index is 601. The molecule has 1 aliphatic rings. The Morgan fingerprint density at radius 2 is 2.05 bits per heavy atom. The van der Waals surface area contributed by atoms with Crippen LogP contribution in [0.15, 0.2) is 24.3 Å². The fourth-order valence-corrected chi connectivity index (χ4v) is 3.55. The lowest BCUT2D eigenvalue weighted by Crippen LogP contribution is -2.44. The van der Waals surface area contributed by atoms with Crippen molar-refractivity contribution in [2.45, 2.75) is 19.8 Å². The zero-order valence-corrected chi connectivity index (χ0v) is 12.7. The maximum Gasteiger partial charge on any atom is 0.228 e. The monoisotopic (exact) mass is 314 g/mol. The second-order valence-electron chi connectivity index (χ2n) is 5.09. The van der Waals surface area contributed by atoms with E-state index in [0.29, 0.717) is 25.1 Å². The SMILES string of the molecule is CCS(=O)(=O)N1CCC[C@H](C(=O)Nc2ccc(F)cc2)C1. The summed E-state index contributed by atoms with van der Waals surface area (Å²) >= 11 is 0. The van der Waals surface area contributed by atoms with Crippen molar-refractivity contribution in [2.75, 3.05) is 24.2 Å². The largest absolute Gasteiger partial charge is 0.326 e. The van der Waals surface area contributed by atoms with E-state index in [0.717, 1.165) is 0 Å². The van der Waals surface area contributed by atoms with Gasteiger partial charge in [-0.05, 0) is 44.0 Å². The number of nitrogens with one attached hydrogen (secondary N) is 1. The van der Waals surface area contributed by atoms with Crippen LogP contribution in [0.5, 0.6) is 0 Å². The standard InChI is InChI=1S/C14H19FN2O3S/c1-2-21(19,20)17-9-3-4-11(10-17)14(18)16-13-7-5-12(15)6-8-13/h5-8,11H,2-4,9-10H2,1H3,(H,16,18)/t11-/m0/s1. The average Bonchev–Trinajstić information content (AvgIpc) is 2.49. The van der Waals surface area contributed by atoms with Crippen LogP contribution in [0.1, 0.15) is 19.8 Å². The Labute approximate surface area is 124 Å². The Hall–Kier alpha value is -1.47. The van der Waals surface area contributed by atoms with Crippen molar-refractivity contribution < 1.29 is 17.6 Å². The van der Waals surface area contributed by atoms with E-state index >= 15 is 0 Å². The normalized spacial score (nSPS) is 20.2. The predicted molar refractivity (Wildman–Crippen MR) is 78.8 cm³/mol. The fraction of sp³-hybridized carbons (Fsp3) is 0.500. The number of nitrogens with zero attached hydrogens (tertiary/aromatic N) is 1. The molecule has 1 aromatic carbocycles. The predicted octanol–water partition coefficient (Wildman–Crippen LogP) is 1.83. The summed E-state index contributed by atoms with van der Waals surface area (Å²) in [5, 5.41) is 2.70. The maximum atomic E-state index is 12.8. The lowest BCUT2D eigenvalue weighted by atomic mass is 9.99. The van der Waals surface area contributed by atoms with E-state index in [2.05, 4.69) is 5.32 Å². The van der Waals surface area contributed by atoms with Crippen LogP contribution in [0.2, 0.25) is 0 Å². The van der Waals surface area contributed by atoms with Crippen LogP contribution in [-0.2, 0) is 14.8 Å². The first-order chi connectivity index (χ1) is 9.92. The maximum absolute atomic E-state index is 12.8. The smallest absolute Gasteiger partial charge is 0.228 e. The lowest BCUT2D eigenvalue weighted by molar-refractivity contribution is -0.120. The summed E-state index contributed by atoms with van der Waals surface area (Å²) in [6, 6.07) is 5.50. The van der Waals surface area contributed by atoms with Crippen molar-refractivity contribution in [2.24, 2.45) is 5.92 Å². The number of hydrogen-bond donors (Lipinski definition) is 1. The van der Waals surface area contributed by atoms with E-state index in [1.165, 1.54) is 28.6 Å². The van der Waals surface area contributed by atoms with Gasteiger partial charge in [-0.15, -0.1) is 0 Å². The van der Waals surface area contributed by atoms with Crippen molar-refractivity contribution in [3.05, 3.63) is 30.1 Å². The van der Waals surface area contributed by atoms with E-state index in [-0.39, 0.29) is 29.9 Å². The summed E-state index contributed by atoms with van der Waals surface area (Å²) in [5.74, 6) is -0.923. The highest BCUT2D eigenvalue weighted by Gasteiger charge is 2.31. The molecule has 5 nitrogen and oxygen atoms in total. The first kappa shape index (κ1) is 15.9. The van der Waals surface area contributed by atoms with Crippen molar-refractivity contribution in [1.82, 2.24) is 4.31 Å². The number of carbonyl (C=O) groups is 1. The van der Waals surface area contributed by atoms with Crippen LogP contribution in [0.4, 0.5) is 10.1 Å². The molecule has 1 atom stereocenters. The second-order valence-corrected chi connectivity index (χ2v) is 7.35. The van der Waals surface area contributed by atoms with Gasteiger partial charge in [0, 0.05) is 18.8 Å². The van der Waals surface area contributed by atoms with Gasteiger partial charge in [0.25, 0.3) is 0 Å². The summed E-state index contributed by atoms with van der Waals surface area (Å²) in [6.45, 7) is 2.28. The van der Waals surface area contributed by atoms with E-state index in [1.807, 2.05) is 0 Å². The third-order valence-corrected chi connectivity index (χ3v) is 5.47. The number of rotatable bonds is 4. The van der Waals surface area contributed by atoms with Gasteiger partial charge in [-0.2, -0.15) is 0 Å². The first-order valence-corrected chi connectivity index (χ1v) is 8.57. The molecule has 0 saturated carbocycles. The number of benzene rings is 1. The van der Waals surface area contributed by atoms with Crippen LogP contribution in [0.3, 0.4) is 0 Å². The molecule has 7 heteroatoms. The number of amides is 1. The third-order valence-electron chi connectivity index (χ3n) is 3.62. The molecule has 1 saturated heterocycles. The minimum Gasteiger partial charge on any atom is -0.326 e. The fourth-order valence-electron chi connectivity index (χ4n) is 2.37. The molecular weight excluding hydrogens is 295 g/mol. The van der Waals surface area contributed by atoms with Gasteiger partial charge in [0.1, 0.15) is 5.82 Å². The summed E-state index contributed by atoms with van der Waals surface area (Å²) in [7, 11) is -3.26. The van der Waals surface area contributed by atoms with E-state index in [1.54, 1.807) is 6.92 Å². The summed E-state index contributed by atoms with van der Waals surface area (Å²) in [4.78, 5) is 12.2. The van der Waals surface area contributed by atoms with Crippen molar-refractivity contribution in [1.29, 1.82) is 0 Å². The highest BCUT2D eigenvalue weighted by Crippen LogP contribution is 2.21. The number of carbonyl (C=O) groups excluding carboxylic acids is 1. The van der Waals surface area contributed by atoms with Crippen LogP contribution in [-0.4, -0.2) is 37.5 Å². The summed E-state index contributed by atoms with van der Waals surface area (Å²) in [5.41, 5.74) is 0.511. The molecule has 116 valence electrons. The minimum atomic E-state index is -3.26. The Morgan fingerprint density at radius 3 is 2.67 bits per heavy atom. The van der Waals surface area contributed by atoms with E-state index in [9.17, 15) is 17.6 Å². The van der Waals surface area contributed by atoms with Gasteiger partial charge in [0.15, 0.2) is 0 Å². The van der Waals surface area contributed by atoms with Crippen LogP contribution in [0, 0.1) is 11.7 Å². The van der Waals surface area contributed by atoms with Gasteiger partial charge in [-0.1, -0.05) is 0 Å². The second kappa shape index (κ2) is 6.53. The van der Waals surface area contributed by atoms with Crippen LogP contribution < -0.4 is 5.32 Å². The van der Waals surface area contributed by atoms with Crippen LogP contribution in [0.25, 0.3) is 0 Å². The number of halogens is 1. The molecule has 1 amide bonds. The summed E-state index contributed by atoms with van der Waals surface area (Å²) < 4.78 is 37.9. The number of piperidine rings is 1. The Balaban J connectivity index is 2.01. The van der Waals surface area contributed by atoms with Gasteiger partial charge < -0.3 is 5.32 Å². The molecule has 1 heterocycles. The van der Waals surface area contributed by atoms with E-state index < -0.39 is 10.0 Å². The molecule has 1 N–H and O–H groups in total. The molecule has 21 heavy (non-hydrogen) atoms. The van der Waals surface area contributed by atoms with Gasteiger partial charge in [-0.3, -0.25) is 4.79 Å². The number of hydrogen-bond acceptors (Lipinski definition) is 3. The Morgan fingerprint density at radius 1 is 1.38 bits per heavy atom.